The fourth-order valence-electron chi connectivity index (χ4n) is 2.31. The Bertz CT molecular complexity index is 575. The van der Waals surface area contributed by atoms with E-state index in [9.17, 15) is 8.42 Å². The minimum absolute atomic E-state index is 0.288. The summed E-state index contributed by atoms with van der Waals surface area (Å²) in [5, 5.41) is 11.6. The summed E-state index contributed by atoms with van der Waals surface area (Å²) in [5.41, 5.74) is 1.64. The molecular formula is C13H18N2O3S. The lowest BCUT2D eigenvalue weighted by molar-refractivity contribution is 0.319. The summed E-state index contributed by atoms with van der Waals surface area (Å²) in [7, 11) is -3.31. The molecule has 0 saturated heterocycles. The smallest absolute Gasteiger partial charge is 0.235 e. The summed E-state index contributed by atoms with van der Waals surface area (Å²) >= 11 is 0. The van der Waals surface area contributed by atoms with Crippen LogP contribution in [0.3, 0.4) is 0 Å². The highest BCUT2D eigenvalue weighted by molar-refractivity contribution is 7.93. The zero-order chi connectivity index (χ0) is 13.9. The predicted molar refractivity (Wildman–Crippen MR) is 75.2 cm³/mol. The van der Waals surface area contributed by atoms with Crippen molar-refractivity contribution in [2.45, 2.75) is 37.9 Å². The minimum Gasteiger partial charge on any atom is -0.411 e. The average molecular weight is 282 g/mol. The molecule has 1 saturated carbocycles. The van der Waals surface area contributed by atoms with Crippen LogP contribution in [0.1, 0.15) is 38.2 Å². The maximum absolute atomic E-state index is 12.2. The van der Waals surface area contributed by atoms with E-state index < -0.39 is 10.0 Å². The van der Waals surface area contributed by atoms with E-state index in [1.54, 1.807) is 31.2 Å². The average Bonchev–Trinajstić information content (AvgIpc) is 2.92. The summed E-state index contributed by atoms with van der Waals surface area (Å²) in [6.07, 6.45) is 3.40. The molecule has 0 heterocycles. The van der Waals surface area contributed by atoms with Gasteiger partial charge in [0.1, 0.15) is 0 Å². The largest absolute Gasteiger partial charge is 0.411 e. The normalized spacial score (nSPS) is 17.6. The van der Waals surface area contributed by atoms with Crippen molar-refractivity contribution in [2.75, 3.05) is 4.72 Å². The van der Waals surface area contributed by atoms with Crippen LogP contribution in [0.2, 0.25) is 0 Å². The highest BCUT2D eigenvalue weighted by atomic mass is 32.2. The molecule has 5 nitrogen and oxygen atoms in total. The van der Waals surface area contributed by atoms with E-state index in [1.807, 2.05) is 0 Å². The molecule has 1 aromatic carbocycles. The topological polar surface area (TPSA) is 78.8 Å². The third-order valence-corrected chi connectivity index (χ3v) is 5.30. The summed E-state index contributed by atoms with van der Waals surface area (Å²) < 4.78 is 26.9. The number of nitrogens with zero attached hydrogens (tertiary/aromatic N) is 1. The Kier molecular flexibility index (Phi) is 4.09. The maximum Gasteiger partial charge on any atom is 0.235 e. The minimum atomic E-state index is -3.31. The van der Waals surface area contributed by atoms with E-state index in [0.29, 0.717) is 17.0 Å². The van der Waals surface area contributed by atoms with Crippen LogP contribution in [-0.4, -0.2) is 24.6 Å². The van der Waals surface area contributed by atoms with Crippen molar-refractivity contribution < 1.29 is 13.6 Å². The van der Waals surface area contributed by atoms with Gasteiger partial charge in [0.05, 0.1) is 11.0 Å². The molecule has 0 aromatic heterocycles. The summed E-state index contributed by atoms with van der Waals surface area (Å²) in [5.74, 6) is 0. The highest BCUT2D eigenvalue weighted by Crippen LogP contribution is 2.26. The maximum atomic E-state index is 12.2. The van der Waals surface area contributed by atoms with Crippen molar-refractivity contribution in [2.24, 2.45) is 5.16 Å². The van der Waals surface area contributed by atoms with Crippen molar-refractivity contribution >= 4 is 21.4 Å². The summed E-state index contributed by atoms with van der Waals surface area (Å²) in [6.45, 7) is 1.66. The van der Waals surface area contributed by atoms with Gasteiger partial charge in [0.2, 0.25) is 10.0 Å². The molecule has 1 aliphatic rings. The Balaban J connectivity index is 2.19. The fraction of sp³-hybridized carbons (Fsp3) is 0.462. The Morgan fingerprint density at radius 2 is 2.05 bits per heavy atom. The first kappa shape index (κ1) is 13.9. The van der Waals surface area contributed by atoms with Crippen LogP contribution in [-0.2, 0) is 10.0 Å². The van der Waals surface area contributed by atoms with Crippen LogP contribution < -0.4 is 4.72 Å². The molecule has 6 heteroatoms. The number of hydrogen-bond acceptors (Lipinski definition) is 4. The van der Waals surface area contributed by atoms with Crippen LogP contribution in [0.25, 0.3) is 0 Å². The van der Waals surface area contributed by atoms with Crippen molar-refractivity contribution in [1.29, 1.82) is 0 Å². The lowest BCUT2D eigenvalue weighted by atomic mass is 10.1. The van der Waals surface area contributed by atoms with Crippen LogP contribution in [0.4, 0.5) is 5.69 Å². The van der Waals surface area contributed by atoms with Gasteiger partial charge in [-0.2, -0.15) is 0 Å². The van der Waals surface area contributed by atoms with Gasteiger partial charge in [0.15, 0.2) is 0 Å². The van der Waals surface area contributed by atoms with E-state index in [0.717, 1.165) is 25.7 Å². The lowest BCUT2D eigenvalue weighted by Crippen LogP contribution is -2.25. The molecule has 0 aliphatic heterocycles. The Morgan fingerprint density at radius 3 is 2.68 bits per heavy atom. The van der Waals surface area contributed by atoms with Crippen molar-refractivity contribution in [3.8, 4) is 0 Å². The van der Waals surface area contributed by atoms with E-state index in [2.05, 4.69) is 9.88 Å². The predicted octanol–water partition coefficient (Wildman–Crippen LogP) is 2.57. The number of hydrogen-bond donors (Lipinski definition) is 2. The Hall–Kier alpha value is -1.56. The Morgan fingerprint density at radius 1 is 1.37 bits per heavy atom. The molecule has 2 rings (SSSR count). The van der Waals surface area contributed by atoms with Crippen LogP contribution in [0, 0.1) is 0 Å². The van der Waals surface area contributed by atoms with Gasteiger partial charge in [-0.15, -0.1) is 0 Å². The third-order valence-electron chi connectivity index (χ3n) is 3.43. The molecule has 19 heavy (non-hydrogen) atoms. The van der Waals surface area contributed by atoms with E-state index in [-0.39, 0.29) is 5.25 Å². The molecule has 1 aliphatic carbocycles. The quantitative estimate of drug-likeness (QED) is 0.506. The zero-order valence-corrected chi connectivity index (χ0v) is 11.7. The van der Waals surface area contributed by atoms with Gasteiger partial charge < -0.3 is 5.21 Å². The number of sulfonamides is 1. The molecule has 2 N–H and O–H groups in total. The van der Waals surface area contributed by atoms with E-state index >= 15 is 0 Å². The summed E-state index contributed by atoms with van der Waals surface area (Å²) in [4.78, 5) is 0. The van der Waals surface area contributed by atoms with Gasteiger partial charge in [0, 0.05) is 11.3 Å². The van der Waals surface area contributed by atoms with Crippen molar-refractivity contribution in [3.63, 3.8) is 0 Å². The van der Waals surface area contributed by atoms with Gasteiger partial charge in [-0.25, -0.2) is 8.42 Å². The highest BCUT2D eigenvalue weighted by Gasteiger charge is 2.28. The SMILES string of the molecule is C/C(=N/O)c1cccc(NS(=O)(=O)C2CCCC2)c1. The number of benzene rings is 1. The van der Waals surface area contributed by atoms with Gasteiger partial charge in [0.25, 0.3) is 0 Å². The van der Waals surface area contributed by atoms with Gasteiger partial charge >= 0.3 is 0 Å². The van der Waals surface area contributed by atoms with Gasteiger partial charge in [-0.1, -0.05) is 30.1 Å². The number of rotatable bonds is 4. The standard InChI is InChI=1S/C13H18N2O3S/c1-10(14-16)11-5-4-6-12(9-11)15-19(17,18)13-7-2-3-8-13/h4-6,9,13,15-16H,2-3,7-8H2,1H3/b14-10-. The van der Waals surface area contributed by atoms with Crippen molar-refractivity contribution in [1.82, 2.24) is 0 Å². The summed E-state index contributed by atoms with van der Waals surface area (Å²) in [6, 6.07) is 6.86. The van der Waals surface area contributed by atoms with Crippen LogP contribution in [0.15, 0.2) is 29.4 Å². The lowest BCUT2D eigenvalue weighted by Gasteiger charge is -2.13. The van der Waals surface area contributed by atoms with Crippen molar-refractivity contribution in [3.05, 3.63) is 29.8 Å². The van der Waals surface area contributed by atoms with Gasteiger partial charge in [-0.05, 0) is 31.9 Å². The number of nitrogens with one attached hydrogen (secondary N) is 1. The first-order valence-electron chi connectivity index (χ1n) is 6.33. The molecule has 104 valence electrons. The first-order valence-corrected chi connectivity index (χ1v) is 7.88. The second kappa shape index (κ2) is 5.61. The molecule has 1 fully saturated rings. The van der Waals surface area contributed by atoms with E-state index in [1.165, 1.54) is 0 Å². The molecule has 0 radical (unpaired) electrons. The molecule has 0 spiro atoms. The molecule has 0 atom stereocenters. The first-order chi connectivity index (χ1) is 9.03. The second-order valence-corrected chi connectivity index (χ2v) is 6.78. The Labute approximate surface area is 113 Å². The monoisotopic (exact) mass is 282 g/mol. The van der Waals surface area contributed by atoms with E-state index in [4.69, 9.17) is 5.21 Å². The molecule has 0 unspecified atom stereocenters. The van der Waals surface area contributed by atoms with Crippen LogP contribution >= 0.6 is 0 Å². The molecule has 1 aromatic rings. The zero-order valence-electron chi connectivity index (χ0n) is 10.8. The second-order valence-electron chi connectivity index (χ2n) is 4.82. The molecule has 0 bridgehead atoms. The molecular weight excluding hydrogens is 264 g/mol. The number of oxime groups is 1. The fourth-order valence-corrected chi connectivity index (χ4v) is 3.89. The van der Waals surface area contributed by atoms with Crippen LogP contribution in [0.5, 0.6) is 0 Å². The van der Waals surface area contributed by atoms with Gasteiger partial charge in [-0.3, -0.25) is 4.72 Å². The molecule has 0 amide bonds. The third kappa shape index (κ3) is 3.26. The number of anilines is 1.